The number of anilines is 1. The van der Waals surface area contributed by atoms with Crippen molar-refractivity contribution in [1.82, 2.24) is 15.5 Å². The highest BCUT2D eigenvalue weighted by Crippen LogP contribution is 2.39. The first kappa shape index (κ1) is 25.1. The SMILES string of the molecule is CN(C)c1ccc(C(=O)NC[C@H]2[C@@H]3CNC[C@@H](C3)[C@@H]3CCCCN32)c2ccccc12.Cl.Cl. The Labute approximate surface area is 204 Å². The van der Waals surface area contributed by atoms with Gasteiger partial charge in [0.25, 0.3) is 5.91 Å². The number of hydrogen-bond acceptors (Lipinski definition) is 4. The topological polar surface area (TPSA) is 47.6 Å². The molecular formula is C25H36Cl2N4O. The molecule has 2 aromatic rings. The predicted molar refractivity (Wildman–Crippen MR) is 138 cm³/mol. The summed E-state index contributed by atoms with van der Waals surface area (Å²) in [6.07, 6.45) is 5.28. The Kier molecular flexibility index (Phi) is 8.31. The summed E-state index contributed by atoms with van der Waals surface area (Å²) in [7, 11) is 4.09. The van der Waals surface area contributed by atoms with Crippen molar-refractivity contribution in [3.63, 3.8) is 0 Å². The quantitative estimate of drug-likeness (QED) is 0.698. The lowest BCUT2D eigenvalue weighted by Crippen LogP contribution is -2.65. The zero-order valence-corrected chi connectivity index (χ0v) is 20.7. The lowest BCUT2D eigenvalue weighted by Gasteiger charge is -2.55. The lowest BCUT2D eigenvalue weighted by atomic mass is 9.73. The minimum Gasteiger partial charge on any atom is -0.377 e. The van der Waals surface area contributed by atoms with E-state index in [1.807, 2.05) is 32.3 Å². The molecule has 5 rings (SSSR count). The zero-order valence-electron chi connectivity index (χ0n) is 19.0. The Morgan fingerprint density at radius 2 is 1.81 bits per heavy atom. The van der Waals surface area contributed by atoms with Crippen LogP contribution in [-0.4, -0.2) is 63.2 Å². The molecule has 3 fully saturated rings. The molecule has 7 heteroatoms. The molecule has 2 aromatic carbocycles. The van der Waals surface area contributed by atoms with E-state index in [0.717, 1.165) is 41.0 Å². The van der Waals surface area contributed by atoms with Gasteiger partial charge in [-0.25, -0.2) is 0 Å². The van der Waals surface area contributed by atoms with Crippen LogP contribution in [0.3, 0.4) is 0 Å². The maximum Gasteiger partial charge on any atom is 0.251 e. The van der Waals surface area contributed by atoms with Crippen molar-refractivity contribution in [1.29, 1.82) is 0 Å². The van der Waals surface area contributed by atoms with Crippen molar-refractivity contribution in [2.75, 3.05) is 45.2 Å². The zero-order chi connectivity index (χ0) is 20.7. The van der Waals surface area contributed by atoms with Gasteiger partial charge >= 0.3 is 0 Å². The normalized spacial score (nSPS) is 26.9. The number of fused-ring (bicyclic) bond motifs is 5. The maximum absolute atomic E-state index is 13.3. The Morgan fingerprint density at radius 1 is 1.06 bits per heavy atom. The van der Waals surface area contributed by atoms with Gasteiger partial charge in [-0.1, -0.05) is 30.7 Å². The Bertz CT molecular complexity index is 937. The molecule has 2 N–H and O–H groups in total. The first-order valence-corrected chi connectivity index (χ1v) is 11.6. The number of halogens is 2. The van der Waals surface area contributed by atoms with E-state index in [0.29, 0.717) is 18.0 Å². The van der Waals surface area contributed by atoms with Crippen LogP contribution in [0, 0.1) is 11.8 Å². The van der Waals surface area contributed by atoms with Gasteiger partial charge < -0.3 is 15.5 Å². The van der Waals surface area contributed by atoms with Gasteiger partial charge in [0.2, 0.25) is 0 Å². The second kappa shape index (κ2) is 10.6. The van der Waals surface area contributed by atoms with Gasteiger partial charge in [0.05, 0.1) is 0 Å². The van der Waals surface area contributed by atoms with Crippen molar-refractivity contribution in [3.8, 4) is 0 Å². The summed E-state index contributed by atoms with van der Waals surface area (Å²) in [5, 5.41) is 9.15. The molecule has 4 atom stereocenters. The van der Waals surface area contributed by atoms with Gasteiger partial charge in [-0.3, -0.25) is 9.69 Å². The highest BCUT2D eigenvalue weighted by Gasteiger charge is 2.45. The highest BCUT2D eigenvalue weighted by molar-refractivity contribution is 6.10. The van der Waals surface area contributed by atoms with Crippen LogP contribution in [0.1, 0.15) is 36.0 Å². The third-order valence-corrected chi connectivity index (χ3v) is 7.62. The van der Waals surface area contributed by atoms with Crippen molar-refractivity contribution in [2.24, 2.45) is 11.8 Å². The number of piperidine rings is 3. The molecule has 3 saturated heterocycles. The van der Waals surface area contributed by atoms with E-state index in [9.17, 15) is 4.79 Å². The van der Waals surface area contributed by atoms with Crippen LogP contribution in [0.5, 0.6) is 0 Å². The number of nitrogens with zero attached hydrogens (tertiary/aromatic N) is 2. The van der Waals surface area contributed by atoms with Gasteiger partial charge in [0.1, 0.15) is 0 Å². The summed E-state index contributed by atoms with van der Waals surface area (Å²) in [4.78, 5) is 18.1. The number of carbonyl (C=O) groups is 1. The van der Waals surface area contributed by atoms with Gasteiger partial charge in [-0.2, -0.15) is 0 Å². The molecule has 176 valence electrons. The number of benzene rings is 2. The average Bonchev–Trinajstić information content (AvgIpc) is 2.78. The molecule has 3 aliphatic rings. The molecule has 1 amide bonds. The molecule has 0 saturated carbocycles. The van der Waals surface area contributed by atoms with E-state index in [2.05, 4.69) is 38.6 Å². The fraction of sp³-hybridized carbons (Fsp3) is 0.560. The Hall–Kier alpha value is -1.53. The minimum absolute atomic E-state index is 0. The van der Waals surface area contributed by atoms with Crippen LogP contribution in [0.15, 0.2) is 36.4 Å². The van der Waals surface area contributed by atoms with E-state index in [4.69, 9.17) is 0 Å². The highest BCUT2D eigenvalue weighted by atomic mass is 35.5. The number of rotatable bonds is 4. The standard InChI is InChI=1S/C25H34N4O.2ClH/c1-28(2)23-11-10-21(19-7-3-4-8-20(19)23)25(30)27-16-24-18-13-17(14-26-15-18)22-9-5-6-12-29(22)24;;/h3-4,7-8,10-11,17-18,22,24,26H,5-6,9,12-16H2,1-2H3,(H,27,30);2*1H/t17-,18+,22+,24+;;/m1../s1. The molecular weight excluding hydrogens is 443 g/mol. The van der Waals surface area contributed by atoms with E-state index < -0.39 is 0 Å². The van der Waals surface area contributed by atoms with E-state index in [1.165, 1.54) is 38.8 Å². The van der Waals surface area contributed by atoms with Crippen LogP contribution in [0.2, 0.25) is 0 Å². The van der Waals surface area contributed by atoms with Crippen molar-refractivity contribution >= 4 is 47.2 Å². The fourth-order valence-electron chi connectivity index (χ4n) is 6.21. The molecule has 3 aliphatic heterocycles. The molecule has 2 bridgehead atoms. The summed E-state index contributed by atoms with van der Waals surface area (Å²) in [6, 6.07) is 13.4. The van der Waals surface area contributed by atoms with Gasteiger partial charge in [0, 0.05) is 49.4 Å². The first-order valence-electron chi connectivity index (χ1n) is 11.6. The van der Waals surface area contributed by atoms with Crippen LogP contribution >= 0.6 is 24.8 Å². The molecule has 0 aliphatic carbocycles. The second-order valence-electron chi connectivity index (χ2n) is 9.56. The number of carbonyl (C=O) groups excluding carboxylic acids is 1. The summed E-state index contributed by atoms with van der Waals surface area (Å²) >= 11 is 0. The maximum atomic E-state index is 13.3. The average molecular weight is 479 g/mol. The van der Waals surface area contributed by atoms with Crippen molar-refractivity contribution in [3.05, 3.63) is 42.0 Å². The Balaban J connectivity index is 0.00000144. The third kappa shape index (κ3) is 4.58. The molecule has 0 unspecified atom stereocenters. The fourth-order valence-corrected chi connectivity index (χ4v) is 6.21. The van der Waals surface area contributed by atoms with E-state index in [1.54, 1.807) is 0 Å². The molecule has 3 heterocycles. The lowest BCUT2D eigenvalue weighted by molar-refractivity contribution is -0.0371. The molecule has 0 spiro atoms. The summed E-state index contributed by atoms with van der Waals surface area (Å²) in [6.45, 7) is 4.19. The smallest absolute Gasteiger partial charge is 0.251 e. The van der Waals surface area contributed by atoms with Crippen LogP contribution in [0.4, 0.5) is 5.69 Å². The third-order valence-electron chi connectivity index (χ3n) is 7.62. The number of hydrogen-bond donors (Lipinski definition) is 2. The van der Waals surface area contributed by atoms with Gasteiger partial charge in [-0.05, 0) is 68.3 Å². The first-order chi connectivity index (χ1) is 14.6. The Morgan fingerprint density at radius 3 is 2.59 bits per heavy atom. The summed E-state index contributed by atoms with van der Waals surface area (Å²) in [5.74, 6) is 1.49. The van der Waals surface area contributed by atoms with E-state index >= 15 is 0 Å². The van der Waals surface area contributed by atoms with Crippen molar-refractivity contribution < 1.29 is 4.79 Å². The van der Waals surface area contributed by atoms with E-state index in [-0.39, 0.29) is 30.7 Å². The number of amides is 1. The summed E-state index contributed by atoms with van der Waals surface area (Å²) < 4.78 is 0. The molecule has 5 nitrogen and oxygen atoms in total. The van der Waals surface area contributed by atoms with Gasteiger partial charge in [-0.15, -0.1) is 24.8 Å². The molecule has 0 aromatic heterocycles. The van der Waals surface area contributed by atoms with Crippen LogP contribution in [-0.2, 0) is 0 Å². The second-order valence-corrected chi connectivity index (χ2v) is 9.56. The minimum atomic E-state index is 0. The van der Waals surface area contributed by atoms with Crippen LogP contribution in [0.25, 0.3) is 10.8 Å². The molecule has 0 radical (unpaired) electrons. The largest absolute Gasteiger partial charge is 0.377 e. The van der Waals surface area contributed by atoms with Gasteiger partial charge in [0.15, 0.2) is 0 Å². The predicted octanol–water partition coefficient (Wildman–Crippen LogP) is 3.94. The van der Waals surface area contributed by atoms with Crippen LogP contribution < -0.4 is 15.5 Å². The monoisotopic (exact) mass is 478 g/mol. The number of nitrogens with one attached hydrogen (secondary N) is 2. The molecule has 32 heavy (non-hydrogen) atoms. The van der Waals surface area contributed by atoms with Crippen molar-refractivity contribution in [2.45, 2.75) is 37.8 Å². The summed E-state index contributed by atoms with van der Waals surface area (Å²) in [5.41, 5.74) is 1.92.